The Morgan fingerprint density at radius 1 is 1.25 bits per heavy atom. The van der Waals surface area contributed by atoms with E-state index in [4.69, 9.17) is 0 Å². The molecule has 2 atom stereocenters. The molecule has 5 heteroatoms. The monoisotopic (exact) mass is 324 g/mol. The number of aromatic nitrogens is 1. The van der Waals surface area contributed by atoms with Crippen LogP contribution in [0.25, 0.3) is 0 Å². The summed E-state index contributed by atoms with van der Waals surface area (Å²) >= 11 is 0. The number of rotatable bonds is 5. The van der Waals surface area contributed by atoms with E-state index in [-0.39, 0.29) is 12.3 Å². The standard InChI is InChI=1S/C19H20N2O3/c1-13-6-2-3-8-15(13)18-16(19(23)24)12-17(22)21(18)11-9-14-7-4-5-10-20-14/h2-8,10,16,18H,9,11-12H2,1H3,(H,23,24)/t16-,18+/m0/s1. The van der Waals surface area contributed by atoms with E-state index < -0.39 is 17.9 Å². The molecule has 0 spiro atoms. The fourth-order valence-electron chi connectivity index (χ4n) is 3.36. The molecule has 1 aromatic heterocycles. The minimum atomic E-state index is -0.920. The molecular formula is C19H20N2O3. The largest absolute Gasteiger partial charge is 0.481 e. The zero-order valence-corrected chi connectivity index (χ0v) is 13.6. The fourth-order valence-corrected chi connectivity index (χ4v) is 3.36. The van der Waals surface area contributed by atoms with Gasteiger partial charge in [0.1, 0.15) is 0 Å². The molecule has 2 heterocycles. The van der Waals surface area contributed by atoms with Gasteiger partial charge in [-0.3, -0.25) is 14.6 Å². The second-order valence-electron chi connectivity index (χ2n) is 6.11. The van der Waals surface area contributed by atoms with E-state index in [1.807, 2.05) is 49.4 Å². The van der Waals surface area contributed by atoms with E-state index in [0.717, 1.165) is 16.8 Å². The Labute approximate surface area is 140 Å². The van der Waals surface area contributed by atoms with Gasteiger partial charge >= 0.3 is 5.97 Å². The first-order valence-corrected chi connectivity index (χ1v) is 8.05. The minimum absolute atomic E-state index is 0.0521. The van der Waals surface area contributed by atoms with E-state index in [1.54, 1.807) is 11.1 Å². The first-order chi connectivity index (χ1) is 11.6. The number of hydrogen-bond acceptors (Lipinski definition) is 3. The van der Waals surface area contributed by atoms with Crippen LogP contribution in [0.3, 0.4) is 0 Å². The molecule has 1 aromatic carbocycles. The predicted octanol–water partition coefficient (Wildman–Crippen LogP) is 2.61. The number of amides is 1. The van der Waals surface area contributed by atoms with Crippen LogP contribution < -0.4 is 0 Å². The highest BCUT2D eigenvalue weighted by atomic mass is 16.4. The second-order valence-corrected chi connectivity index (χ2v) is 6.11. The number of hydrogen-bond donors (Lipinski definition) is 1. The van der Waals surface area contributed by atoms with Crippen LogP contribution in [0.5, 0.6) is 0 Å². The highest BCUT2D eigenvalue weighted by Gasteiger charge is 2.44. The number of aryl methyl sites for hydroxylation is 1. The highest BCUT2D eigenvalue weighted by molar-refractivity contribution is 5.87. The molecular weight excluding hydrogens is 304 g/mol. The van der Waals surface area contributed by atoms with Crippen LogP contribution in [0.4, 0.5) is 0 Å². The molecule has 0 unspecified atom stereocenters. The summed E-state index contributed by atoms with van der Waals surface area (Å²) in [7, 11) is 0. The Morgan fingerprint density at radius 2 is 2.00 bits per heavy atom. The third kappa shape index (κ3) is 3.15. The Hall–Kier alpha value is -2.69. The lowest BCUT2D eigenvalue weighted by molar-refractivity contribution is -0.142. The number of likely N-dealkylation sites (tertiary alicyclic amines) is 1. The SMILES string of the molecule is Cc1ccccc1[C@@H]1[C@@H](C(=O)O)CC(=O)N1CCc1ccccn1. The maximum atomic E-state index is 12.4. The first-order valence-electron chi connectivity index (χ1n) is 8.05. The summed E-state index contributed by atoms with van der Waals surface area (Å²) in [4.78, 5) is 30.1. The molecule has 0 radical (unpaired) electrons. The Morgan fingerprint density at radius 3 is 2.67 bits per heavy atom. The van der Waals surface area contributed by atoms with Gasteiger partial charge in [0.25, 0.3) is 0 Å². The quantitative estimate of drug-likeness (QED) is 0.918. The average molecular weight is 324 g/mol. The molecule has 5 nitrogen and oxygen atoms in total. The number of aliphatic carboxylic acids is 1. The maximum Gasteiger partial charge on any atom is 0.309 e. The van der Waals surface area contributed by atoms with E-state index in [2.05, 4.69) is 4.98 Å². The number of carbonyl (C=O) groups is 2. The highest BCUT2D eigenvalue weighted by Crippen LogP contribution is 2.39. The van der Waals surface area contributed by atoms with Crippen LogP contribution in [0.1, 0.15) is 29.3 Å². The summed E-state index contributed by atoms with van der Waals surface area (Å²) in [6, 6.07) is 12.9. The van der Waals surface area contributed by atoms with Gasteiger partial charge in [-0.05, 0) is 30.2 Å². The molecule has 124 valence electrons. The molecule has 1 fully saturated rings. The number of carboxylic acid groups (broad SMARTS) is 1. The summed E-state index contributed by atoms with van der Waals surface area (Å²) in [6.07, 6.45) is 2.39. The third-order valence-corrected chi connectivity index (χ3v) is 4.59. The van der Waals surface area contributed by atoms with Gasteiger partial charge in [-0.2, -0.15) is 0 Å². The van der Waals surface area contributed by atoms with Crippen molar-refractivity contribution in [3.8, 4) is 0 Å². The zero-order valence-electron chi connectivity index (χ0n) is 13.6. The van der Waals surface area contributed by atoms with Crippen LogP contribution >= 0.6 is 0 Å². The van der Waals surface area contributed by atoms with Crippen LogP contribution in [0.15, 0.2) is 48.7 Å². The molecule has 1 saturated heterocycles. The molecule has 1 aliphatic rings. The van der Waals surface area contributed by atoms with Crippen molar-refractivity contribution in [2.75, 3.05) is 6.54 Å². The van der Waals surface area contributed by atoms with Crippen molar-refractivity contribution in [3.63, 3.8) is 0 Å². The van der Waals surface area contributed by atoms with Crippen LogP contribution in [-0.2, 0) is 16.0 Å². The number of carbonyl (C=O) groups excluding carboxylic acids is 1. The molecule has 2 aromatic rings. The third-order valence-electron chi connectivity index (χ3n) is 4.59. The topological polar surface area (TPSA) is 70.5 Å². The second kappa shape index (κ2) is 6.83. The molecule has 1 N–H and O–H groups in total. The number of pyridine rings is 1. The summed E-state index contributed by atoms with van der Waals surface area (Å²) in [5, 5.41) is 9.57. The summed E-state index contributed by atoms with van der Waals surface area (Å²) in [5.41, 5.74) is 2.82. The van der Waals surface area contributed by atoms with Crippen molar-refractivity contribution in [1.82, 2.24) is 9.88 Å². The van der Waals surface area contributed by atoms with Gasteiger partial charge in [-0.1, -0.05) is 30.3 Å². The predicted molar refractivity (Wildman–Crippen MR) is 89.3 cm³/mol. The molecule has 3 rings (SSSR count). The maximum absolute atomic E-state index is 12.4. The van der Waals surface area contributed by atoms with E-state index in [9.17, 15) is 14.7 Å². The van der Waals surface area contributed by atoms with Crippen molar-refractivity contribution in [3.05, 3.63) is 65.5 Å². The lowest BCUT2D eigenvalue weighted by atomic mass is 9.91. The smallest absolute Gasteiger partial charge is 0.309 e. The van der Waals surface area contributed by atoms with Gasteiger partial charge in [0.15, 0.2) is 0 Å². The fraction of sp³-hybridized carbons (Fsp3) is 0.316. The van der Waals surface area contributed by atoms with Crippen molar-refractivity contribution in [2.24, 2.45) is 5.92 Å². The van der Waals surface area contributed by atoms with Crippen LogP contribution in [0.2, 0.25) is 0 Å². The molecule has 0 bridgehead atoms. The molecule has 1 amide bonds. The Balaban J connectivity index is 1.88. The van der Waals surface area contributed by atoms with Gasteiger partial charge in [-0.25, -0.2) is 0 Å². The number of benzene rings is 1. The van der Waals surface area contributed by atoms with Crippen molar-refractivity contribution >= 4 is 11.9 Å². The van der Waals surface area contributed by atoms with E-state index in [1.165, 1.54) is 0 Å². The van der Waals surface area contributed by atoms with Crippen LogP contribution in [0, 0.1) is 12.8 Å². The van der Waals surface area contributed by atoms with Gasteiger partial charge in [0, 0.05) is 31.3 Å². The molecule has 1 aliphatic heterocycles. The Bertz CT molecular complexity index is 745. The number of nitrogens with zero attached hydrogens (tertiary/aromatic N) is 2. The van der Waals surface area contributed by atoms with Crippen LogP contribution in [-0.4, -0.2) is 33.4 Å². The molecule has 24 heavy (non-hydrogen) atoms. The minimum Gasteiger partial charge on any atom is -0.481 e. The van der Waals surface area contributed by atoms with Crippen molar-refractivity contribution in [2.45, 2.75) is 25.8 Å². The summed E-state index contributed by atoms with van der Waals surface area (Å²) < 4.78 is 0. The summed E-state index contributed by atoms with van der Waals surface area (Å²) in [6.45, 7) is 2.42. The van der Waals surface area contributed by atoms with Gasteiger partial charge < -0.3 is 10.0 Å². The first kappa shape index (κ1) is 16.2. The van der Waals surface area contributed by atoms with Gasteiger partial charge in [0.05, 0.1) is 12.0 Å². The molecule has 0 aliphatic carbocycles. The number of carboxylic acids is 1. The lowest BCUT2D eigenvalue weighted by Crippen LogP contribution is -2.33. The van der Waals surface area contributed by atoms with E-state index in [0.29, 0.717) is 13.0 Å². The van der Waals surface area contributed by atoms with Gasteiger partial charge in [0.2, 0.25) is 5.91 Å². The lowest BCUT2D eigenvalue weighted by Gasteiger charge is -2.28. The zero-order chi connectivity index (χ0) is 17.1. The van der Waals surface area contributed by atoms with Crippen molar-refractivity contribution < 1.29 is 14.7 Å². The van der Waals surface area contributed by atoms with Gasteiger partial charge in [-0.15, -0.1) is 0 Å². The Kier molecular flexibility index (Phi) is 4.60. The van der Waals surface area contributed by atoms with E-state index >= 15 is 0 Å². The van der Waals surface area contributed by atoms with Crippen molar-refractivity contribution in [1.29, 1.82) is 0 Å². The summed E-state index contributed by atoms with van der Waals surface area (Å²) in [5.74, 6) is -1.73. The normalized spacial score (nSPS) is 20.4. The average Bonchev–Trinajstić information content (AvgIpc) is 2.91. The molecule has 0 saturated carbocycles.